The number of carbonyl (C=O) groups excluding carboxylic acids is 1. The highest BCUT2D eigenvalue weighted by atomic mass is 32.1. The van der Waals surface area contributed by atoms with Gasteiger partial charge in [0.15, 0.2) is 0 Å². The Kier molecular flexibility index (Phi) is 7.57. The fourth-order valence-corrected chi connectivity index (χ4v) is 3.65. The highest BCUT2D eigenvalue weighted by molar-refractivity contribution is 7.09. The van der Waals surface area contributed by atoms with Crippen LogP contribution in [0.3, 0.4) is 0 Å². The molecule has 0 fully saturated rings. The molecule has 6 heteroatoms. The van der Waals surface area contributed by atoms with E-state index >= 15 is 0 Å². The summed E-state index contributed by atoms with van der Waals surface area (Å²) in [5.41, 5.74) is 3.56. The second-order valence-corrected chi connectivity index (χ2v) is 8.83. The minimum absolute atomic E-state index is 0.00224. The molecule has 0 saturated carbocycles. The van der Waals surface area contributed by atoms with Crippen LogP contribution < -0.4 is 10.2 Å². The number of amides is 1. The topological polar surface area (TPSA) is 58.1 Å². The van der Waals surface area contributed by atoms with Crippen LogP contribution in [0.5, 0.6) is 0 Å². The summed E-state index contributed by atoms with van der Waals surface area (Å²) in [6, 6.07) is 18.7. The molecule has 3 rings (SSSR count). The molecule has 0 radical (unpaired) electrons. The summed E-state index contributed by atoms with van der Waals surface area (Å²) >= 11 is 1.35. The first-order chi connectivity index (χ1) is 14.4. The zero-order valence-electron chi connectivity index (χ0n) is 18.1. The van der Waals surface area contributed by atoms with Gasteiger partial charge in [-0.2, -0.15) is 4.37 Å². The van der Waals surface area contributed by atoms with E-state index < -0.39 is 0 Å². The van der Waals surface area contributed by atoms with Crippen LogP contribution in [-0.4, -0.2) is 27.9 Å². The first kappa shape index (κ1) is 22.0. The molecule has 5 nitrogen and oxygen atoms in total. The molecule has 0 aliphatic carbocycles. The zero-order valence-corrected chi connectivity index (χ0v) is 18.9. The maximum absolute atomic E-state index is 12.7. The molecule has 3 aromatic rings. The smallest absolute Gasteiger partial charge is 0.239 e. The molecule has 158 valence electrons. The number of rotatable bonds is 9. The van der Waals surface area contributed by atoms with E-state index in [1.54, 1.807) is 0 Å². The van der Waals surface area contributed by atoms with Gasteiger partial charge in [-0.15, -0.1) is 0 Å². The van der Waals surface area contributed by atoms with Crippen LogP contribution in [0, 0.1) is 12.8 Å². The van der Waals surface area contributed by atoms with Gasteiger partial charge in [-0.25, -0.2) is 4.98 Å². The third-order valence-electron chi connectivity index (χ3n) is 5.15. The van der Waals surface area contributed by atoms with Crippen LogP contribution in [0.2, 0.25) is 0 Å². The van der Waals surface area contributed by atoms with Crippen molar-refractivity contribution in [3.63, 3.8) is 0 Å². The summed E-state index contributed by atoms with van der Waals surface area (Å²) in [6.07, 6.45) is 0.687. The lowest BCUT2D eigenvalue weighted by Crippen LogP contribution is -2.42. The second kappa shape index (κ2) is 10.3. The van der Waals surface area contributed by atoms with E-state index in [1.165, 1.54) is 22.7 Å². The number of hydrogen-bond acceptors (Lipinski definition) is 5. The molecule has 1 N–H and O–H groups in total. The highest BCUT2D eigenvalue weighted by Gasteiger charge is 2.19. The van der Waals surface area contributed by atoms with Gasteiger partial charge < -0.3 is 10.2 Å². The van der Waals surface area contributed by atoms with Crippen molar-refractivity contribution in [2.75, 3.05) is 11.4 Å². The van der Waals surface area contributed by atoms with Crippen molar-refractivity contribution < 1.29 is 4.79 Å². The van der Waals surface area contributed by atoms with Crippen molar-refractivity contribution in [2.24, 2.45) is 5.92 Å². The molecule has 1 aromatic heterocycles. The number of nitrogens with zero attached hydrogens (tertiary/aromatic N) is 3. The van der Waals surface area contributed by atoms with Gasteiger partial charge in [0.1, 0.15) is 5.82 Å². The average molecular weight is 423 g/mol. The molecular weight excluding hydrogens is 392 g/mol. The van der Waals surface area contributed by atoms with Crippen LogP contribution in [-0.2, 0) is 17.8 Å². The van der Waals surface area contributed by atoms with Gasteiger partial charge in [-0.1, -0.05) is 74.0 Å². The monoisotopic (exact) mass is 422 g/mol. The molecule has 0 saturated heterocycles. The van der Waals surface area contributed by atoms with Gasteiger partial charge in [0.2, 0.25) is 11.0 Å². The molecule has 0 unspecified atom stereocenters. The lowest BCUT2D eigenvalue weighted by Gasteiger charge is -2.23. The molecule has 2 aromatic carbocycles. The molecule has 0 spiro atoms. The Labute approximate surface area is 183 Å². The lowest BCUT2D eigenvalue weighted by atomic mass is 10.1. The summed E-state index contributed by atoms with van der Waals surface area (Å²) < 4.78 is 4.55. The number of carbonyl (C=O) groups is 1. The van der Waals surface area contributed by atoms with Crippen molar-refractivity contribution in [1.29, 1.82) is 0 Å². The maximum atomic E-state index is 12.7. The summed E-state index contributed by atoms with van der Waals surface area (Å²) in [5.74, 6) is 1.18. The van der Waals surface area contributed by atoms with E-state index in [9.17, 15) is 4.79 Å². The number of aryl methyl sites for hydroxylation is 1. The van der Waals surface area contributed by atoms with E-state index in [0.29, 0.717) is 18.9 Å². The van der Waals surface area contributed by atoms with Gasteiger partial charge in [0.25, 0.3) is 0 Å². The maximum Gasteiger partial charge on any atom is 0.239 e. The van der Waals surface area contributed by atoms with Crippen molar-refractivity contribution in [3.8, 4) is 0 Å². The minimum Gasteiger partial charge on any atom is -0.352 e. The molecule has 0 bridgehead atoms. The number of nitrogens with one attached hydrogen (secondary N) is 1. The van der Waals surface area contributed by atoms with Crippen molar-refractivity contribution in [1.82, 2.24) is 14.7 Å². The van der Waals surface area contributed by atoms with Crippen LogP contribution >= 0.6 is 11.5 Å². The molecular formula is C24H30N4OS. The SMILES string of the molecule is Cc1ccc(Cc2nsc(N(CC(=O)N[C@H](C)C(C)C)Cc3ccccc3)n2)cc1. The Morgan fingerprint density at radius 1 is 1.03 bits per heavy atom. The summed E-state index contributed by atoms with van der Waals surface area (Å²) in [4.78, 5) is 19.4. The van der Waals surface area contributed by atoms with Gasteiger partial charge in [0, 0.05) is 30.5 Å². The lowest BCUT2D eigenvalue weighted by molar-refractivity contribution is -0.120. The number of benzene rings is 2. The van der Waals surface area contributed by atoms with E-state index in [0.717, 1.165) is 16.5 Å². The summed E-state index contributed by atoms with van der Waals surface area (Å²) in [5, 5.41) is 3.86. The number of hydrogen-bond donors (Lipinski definition) is 1. The van der Waals surface area contributed by atoms with E-state index in [-0.39, 0.29) is 18.5 Å². The largest absolute Gasteiger partial charge is 0.352 e. The third-order valence-corrected chi connectivity index (χ3v) is 5.96. The zero-order chi connectivity index (χ0) is 21.5. The fraction of sp³-hybridized carbons (Fsp3) is 0.375. The third kappa shape index (κ3) is 6.39. The first-order valence-electron chi connectivity index (χ1n) is 10.4. The standard InChI is InChI=1S/C24H30N4OS/c1-17(2)19(4)25-23(29)16-28(15-21-8-6-5-7-9-21)24-26-22(27-30-24)14-20-12-10-18(3)11-13-20/h5-13,17,19H,14-16H2,1-4H3,(H,25,29)/t19-/m1/s1. The van der Waals surface area contributed by atoms with E-state index in [2.05, 4.69) is 66.9 Å². The van der Waals surface area contributed by atoms with E-state index in [4.69, 9.17) is 4.98 Å². The van der Waals surface area contributed by atoms with Gasteiger partial charge in [-0.3, -0.25) is 4.79 Å². The van der Waals surface area contributed by atoms with Crippen molar-refractivity contribution in [2.45, 2.75) is 46.7 Å². The highest BCUT2D eigenvalue weighted by Crippen LogP contribution is 2.21. The predicted molar refractivity (Wildman–Crippen MR) is 124 cm³/mol. The quantitative estimate of drug-likeness (QED) is 0.547. The normalized spacial score (nSPS) is 12.0. The molecule has 0 aliphatic rings. The summed E-state index contributed by atoms with van der Waals surface area (Å²) in [7, 11) is 0. The van der Waals surface area contributed by atoms with Gasteiger partial charge >= 0.3 is 0 Å². The van der Waals surface area contributed by atoms with Gasteiger partial charge in [0.05, 0.1) is 6.54 Å². The van der Waals surface area contributed by atoms with Crippen LogP contribution in [0.25, 0.3) is 0 Å². The second-order valence-electron chi connectivity index (χ2n) is 8.10. The van der Waals surface area contributed by atoms with E-state index in [1.807, 2.05) is 30.0 Å². The minimum atomic E-state index is 0.00224. The molecule has 30 heavy (non-hydrogen) atoms. The average Bonchev–Trinajstić information content (AvgIpc) is 3.18. The van der Waals surface area contributed by atoms with Crippen molar-refractivity contribution >= 4 is 22.6 Å². The first-order valence-corrected chi connectivity index (χ1v) is 11.1. The van der Waals surface area contributed by atoms with Gasteiger partial charge in [-0.05, 0) is 30.9 Å². The number of anilines is 1. The molecule has 1 amide bonds. The van der Waals surface area contributed by atoms with Crippen LogP contribution in [0.15, 0.2) is 54.6 Å². The Hall–Kier alpha value is -2.73. The van der Waals surface area contributed by atoms with Crippen molar-refractivity contribution in [3.05, 3.63) is 77.1 Å². The molecule has 1 atom stereocenters. The molecule has 1 heterocycles. The summed E-state index contributed by atoms with van der Waals surface area (Å²) in [6.45, 7) is 9.20. The van der Waals surface area contributed by atoms with Crippen LogP contribution in [0.1, 0.15) is 43.3 Å². The Balaban J connectivity index is 1.75. The molecule has 0 aliphatic heterocycles. The Morgan fingerprint density at radius 3 is 2.40 bits per heavy atom. The number of aromatic nitrogens is 2. The Bertz CT molecular complexity index is 937. The Morgan fingerprint density at radius 2 is 1.73 bits per heavy atom. The fourth-order valence-electron chi connectivity index (χ4n) is 2.97. The predicted octanol–water partition coefficient (Wildman–Crippen LogP) is 4.60. The van der Waals surface area contributed by atoms with Crippen LogP contribution in [0.4, 0.5) is 5.13 Å².